The number of carbonyl (C=O) groups excluding carboxylic acids is 3. The number of nitrogens with zero attached hydrogens (tertiary/aromatic N) is 8. The largest absolute Gasteiger partial charge is 0.495 e. The summed E-state index contributed by atoms with van der Waals surface area (Å²) in [6.07, 6.45) is 6.41. The SMILES string of the molecule is CNc1cc(=O)n(-c2ccnc3c2cc(CN2CCC(c4c(F)cc(C(=O)N5CCn6nc(CN7CCC(c8ccc(NC9CCC(=O)NC9=O)c(OC)c8)CC7)cc6C5)cc4F)CC2)n3C)cc1F. The van der Waals surface area contributed by atoms with Gasteiger partial charge in [-0.15, -0.1) is 0 Å². The normalized spacial score (nSPS) is 18.5. The Morgan fingerprint density at radius 2 is 1.56 bits per heavy atom. The van der Waals surface area contributed by atoms with E-state index in [9.17, 15) is 23.6 Å². The number of hydrogen-bond donors (Lipinski definition) is 3. The molecule has 19 heteroatoms. The highest BCUT2D eigenvalue weighted by molar-refractivity contribution is 6.01. The number of carbonyl (C=O) groups is 3. The maximum atomic E-state index is 15.9. The summed E-state index contributed by atoms with van der Waals surface area (Å²) in [5.41, 5.74) is 5.47. The van der Waals surface area contributed by atoms with E-state index in [4.69, 9.17) is 9.84 Å². The Balaban J connectivity index is 0.722. The molecule has 70 heavy (non-hydrogen) atoms. The van der Waals surface area contributed by atoms with Crippen LogP contribution in [-0.4, -0.2) is 109 Å². The van der Waals surface area contributed by atoms with E-state index in [1.807, 2.05) is 40.6 Å². The molecular weight excluding hydrogens is 904 g/mol. The van der Waals surface area contributed by atoms with Crippen LogP contribution in [0.15, 0.2) is 71.8 Å². The van der Waals surface area contributed by atoms with Crippen LogP contribution in [0.25, 0.3) is 16.7 Å². The molecule has 1 atom stereocenters. The van der Waals surface area contributed by atoms with Gasteiger partial charge in [-0.25, -0.2) is 18.2 Å². The lowest BCUT2D eigenvalue weighted by atomic mass is 9.88. The monoisotopic (exact) mass is 959 g/mol. The fourth-order valence-corrected chi connectivity index (χ4v) is 10.7. The van der Waals surface area contributed by atoms with Crippen LogP contribution in [0.5, 0.6) is 5.75 Å². The number of aromatic nitrogens is 5. The number of ether oxygens (including phenoxy) is 1. The van der Waals surface area contributed by atoms with Crippen LogP contribution in [-0.2, 0) is 42.8 Å². The zero-order chi connectivity index (χ0) is 48.8. The van der Waals surface area contributed by atoms with Gasteiger partial charge in [0.1, 0.15) is 29.1 Å². The number of amides is 3. The van der Waals surface area contributed by atoms with Gasteiger partial charge in [0.15, 0.2) is 5.82 Å². The molecule has 0 radical (unpaired) electrons. The van der Waals surface area contributed by atoms with Crippen molar-refractivity contribution in [2.75, 3.05) is 57.5 Å². The number of pyridine rings is 2. The Morgan fingerprint density at radius 3 is 2.27 bits per heavy atom. The van der Waals surface area contributed by atoms with Gasteiger partial charge >= 0.3 is 0 Å². The van der Waals surface area contributed by atoms with E-state index in [0.717, 1.165) is 43.0 Å². The molecule has 366 valence electrons. The first kappa shape index (κ1) is 46.7. The van der Waals surface area contributed by atoms with Crippen molar-refractivity contribution < 1.29 is 32.3 Å². The van der Waals surface area contributed by atoms with Gasteiger partial charge in [0.05, 0.1) is 54.8 Å². The van der Waals surface area contributed by atoms with Gasteiger partial charge in [-0.1, -0.05) is 6.07 Å². The first-order chi connectivity index (χ1) is 33.8. The molecule has 8 heterocycles. The number of methoxy groups -OCH3 is 1. The number of benzene rings is 2. The fourth-order valence-electron chi connectivity index (χ4n) is 10.7. The summed E-state index contributed by atoms with van der Waals surface area (Å²) in [5, 5.41) is 13.9. The van der Waals surface area contributed by atoms with Crippen molar-refractivity contribution in [2.24, 2.45) is 7.05 Å². The van der Waals surface area contributed by atoms with Crippen LogP contribution in [0, 0.1) is 17.5 Å². The minimum absolute atomic E-state index is 0.0129. The molecule has 3 fully saturated rings. The predicted molar refractivity (Wildman–Crippen MR) is 256 cm³/mol. The first-order valence-electron chi connectivity index (χ1n) is 23.9. The Kier molecular flexibility index (Phi) is 13.0. The molecule has 0 bridgehead atoms. The number of likely N-dealkylation sites (tertiary alicyclic amines) is 2. The number of rotatable bonds is 12. The maximum absolute atomic E-state index is 15.9. The smallest absolute Gasteiger partial charge is 0.257 e. The molecule has 16 nitrogen and oxygen atoms in total. The lowest BCUT2D eigenvalue weighted by Gasteiger charge is -2.32. The van der Waals surface area contributed by atoms with E-state index in [1.54, 1.807) is 31.3 Å². The van der Waals surface area contributed by atoms with Gasteiger partial charge in [-0.3, -0.25) is 43.5 Å². The Hall–Kier alpha value is -6.99. The van der Waals surface area contributed by atoms with Gasteiger partial charge in [-0.2, -0.15) is 5.10 Å². The van der Waals surface area contributed by atoms with Gasteiger partial charge in [0, 0.05) is 74.6 Å². The molecule has 10 rings (SSSR count). The molecule has 6 aromatic rings. The molecule has 2 aromatic carbocycles. The number of aryl methyl sites for hydroxylation is 1. The molecule has 1 unspecified atom stereocenters. The van der Waals surface area contributed by atoms with Crippen LogP contribution in [0.2, 0.25) is 0 Å². The van der Waals surface area contributed by atoms with Gasteiger partial charge in [0.25, 0.3) is 11.5 Å². The average Bonchev–Trinajstić information content (AvgIpc) is 3.91. The van der Waals surface area contributed by atoms with E-state index < -0.39 is 29.4 Å². The molecule has 0 saturated carbocycles. The zero-order valence-corrected chi connectivity index (χ0v) is 39.4. The molecule has 4 aliphatic rings. The molecule has 4 aliphatic heterocycles. The summed E-state index contributed by atoms with van der Waals surface area (Å²) < 4.78 is 57.4. The van der Waals surface area contributed by atoms with Crippen molar-refractivity contribution in [1.82, 2.24) is 43.9 Å². The standard InChI is InChI=1S/C51H56F3N11O5/c1-55-43-25-47(67)64(29-40(43)54)44-8-13-56-49-37(44)24-35(60(49)2)27-62-16-11-31(12-17-62)48-38(52)20-33(21-39(48)53)51(69)63-18-19-65-36(28-63)23-34(59-65)26-61-14-9-30(10-15-61)32-4-5-41(45(22-32)70-3)57-42-6-7-46(66)58-50(42)68/h4-5,8,13,20-25,29-31,42,55,57H,6-7,9-12,14-19,26-28H2,1-3H3,(H,58,66,68). The van der Waals surface area contributed by atoms with Crippen molar-refractivity contribution >= 4 is 40.1 Å². The van der Waals surface area contributed by atoms with Crippen LogP contribution in [0.4, 0.5) is 24.5 Å². The second kappa shape index (κ2) is 19.4. The van der Waals surface area contributed by atoms with Crippen LogP contribution >= 0.6 is 0 Å². The topological polar surface area (TPSA) is 164 Å². The number of anilines is 2. The van der Waals surface area contributed by atoms with Crippen molar-refractivity contribution in [2.45, 2.75) is 82.6 Å². The van der Waals surface area contributed by atoms with Gasteiger partial charge < -0.3 is 24.8 Å². The minimum atomic E-state index is -0.713. The highest BCUT2D eigenvalue weighted by atomic mass is 19.1. The summed E-state index contributed by atoms with van der Waals surface area (Å²) in [7, 11) is 5.05. The molecule has 3 amide bonds. The van der Waals surface area contributed by atoms with E-state index in [2.05, 4.69) is 36.8 Å². The molecule has 3 N–H and O–H groups in total. The van der Waals surface area contributed by atoms with E-state index in [1.165, 1.54) is 34.5 Å². The summed E-state index contributed by atoms with van der Waals surface area (Å²) in [5.74, 6) is -2.37. The Labute approximate surface area is 402 Å². The predicted octanol–water partition coefficient (Wildman–Crippen LogP) is 6.02. The van der Waals surface area contributed by atoms with Crippen molar-refractivity contribution in [3.05, 3.63) is 129 Å². The Morgan fingerprint density at radius 1 is 0.829 bits per heavy atom. The molecular formula is C51H56F3N11O5. The minimum Gasteiger partial charge on any atom is -0.495 e. The summed E-state index contributed by atoms with van der Waals surface area (Å²) >= 11 is 0. The Bertz CT molecular complexity index is 3040. The number of hydrogen-bond acceptors (Lipinski definition) is 11. The second-order valence-corrected chi connectivity index (χ2v) is 18.9. The molecule has 3 saturated heterocycles. The van der Waals surface area contributed by atoms with E-state index in [0.29, 0.717) is 92.6 Å². The number of nitrogens with one attached hydrogen (secondary N) is 3. The van der Waals surface area contributed by atoms with Crippen LogP contribution in [0.3, 0.4) is 0 Å². The third-order valence-electron chi connectivity index (χ3n) is 14.6. The highest BCUT2D eigenvalue weighted by Crippen LogP contribution is 2.37. The average molecular weight is 960 g/mol. The number of fused-ring (bicyclic) bond motifs is 2. The van der Waals surface area contributed by atoms with Crippen molar-refractivity contribution in [1.29, 1.82) is 0 Å². The van der Waals surface area contributed by atoms with Gasteiger partial charge in [-0.05, 0) is 118 Å². The summed E-state index contributed by atoms with van der Waals surface area (Å²) in [6, 6.07) is 14.8. The number of imide groups is 1. The van der Waals surface area contributed by atoms with E-state index >= 15 is 8.78 Å². The fraction of sp³-hybridized carbons (Fsp3) is 0.412. The lowest BCUT2D eigenvalue weighted by Crippen LogP contribution is -2.47. The van der Waals surface area contributed by atoms with Crippen LogP contribution in [0.1, 0.15) is 88.9 Å². The maximum Gasteiger partial charge on any atom is 0.257 e. The molecule has 4 aromatic heterocycles. The third-order valence-corrected chi connectivity index (χ3v) is 14.6. The third kappa shape index (κ3) is 9.26. The van der Waals surface area contributed by atoms with Crippen molar-refractivity contribution in [3.63, 3.8) is 0 Å². The molecule has 0 aliphatic carbocycles. The van der Waals surface area contributed by atoms with Crippen molar-refractivity contribution in [3.8, 4) is 11.4 Å². The lowest BCUT2D eigenvalue weighted by molar-refractivity contribution is -0.133. The summed E-state index contributed by atoms with van der Waals surface area (Å²) in [4.78, 5) is 61.4. The van der Waals surface area contributed by atoms with Crippen LogP contribution < -0.4 is 26.2 Å². The highest BCUT2D eigenvalue weighted by Gasteiger charge is 2.32. The number of piperidine rings is 3. The first-order valence-corrected chi connectivity index (χ1v) is 23.9. The molecule has 0 spiro atoms. The summed E-state index contributed by atoms with van der Waals surface area (Å²) in [6.45, 7) is 5.24. The van der Waals surface area contributed by atoms with Gasteiger partial charge in [0.2, 0.25) is 11.8 Å². The second-order valence-electron chi connectivity index (χ2n) is 18.9. The quantitative estimate of drug-likeness (QED) is 0.123. The zero-order valence-electron chi connectivity index (χ0n) is 39.4. The number of halogens is 3. The van der Waals surface area contributed by atoms with E-state index in [-0.39, 0.29) is 53.1 Å².